The molecule has 40 heavy (non-hydrogen) atoms. The zero-order valence-electron chi connectivity index (χ0n) is 19.9. The first-order chi connectivity index (χ1) is 19.1. The number of thioether (sulfide) groups is 1. The lowest BCUT2D eigenvalue weighted by Gasteiger charge is -2.17. The van der Waals surface area contributed by atoms with Gasteiger partial charge in [-0.2, -0.15) is 4.99 Å². The normalized spacial score (nSPS) is 14.6. The van der Waals surface area contributed by atoms with Gasteiger partial charge in [0.1, 0.15) is 12.1 Å². The van der Waals surface area contributed by atoms with E-state index in [-0.39, 0.29) is 27.6 Å². The fraction of sp³-hybridized carbons (Fsp3) is 0.0800. The van der Waals surface area contributed by atoms with E-state index in [2.05, 4.69) is 25.1 Å². The lowest BCUT2D eigenvalue weighted by Crippen LogP contribution is -2.30. The van der Waals surface area contributed by atoms with E-state index < -0.39 is 12.4 Å². The van der Waals surface area contributed by atoms with Crippen molar-refractivity contribution in [3.63, 3.8) is 0 Å². The van der Waals surface area contributed by atoms with Gasteiger partial charge in [0, 0.05) is 16.3 Å². The van der Waals surface area contributed by atoms with Crippen molar-refractivity contribution in [2.45, 2.75) is 6.36 Å². The average Bonchev–Trinajstić information content (AvgIpc) is 3.52. The van der Waals surface area contributed by atoms with Gasteiger partial charge in [-0.3, -0.25) is 9.69 Å². The molecule has 3 aromatic carbocycles. The minimum atomic E-state index is -4.78. The van der Waals surface area contributed by atoms with Gasteiger partial charge in [-0.15, -0.1) is 18.3 Å². The van der Waals surface area contributed by atoms with Gasteiger partial charge in [-0.05, 0) is 66.7 Å². The summed E-state index contributed by atoms with van der Waals surface area (Å²) >= 11 is 13.3. The fourth-order valence-corrected chi connectivity index (χ4v) is 4.96. The van der Waals surface area contributed by atoms with E-state index in [9.17, 15) is 22.8 Å². The number of benzene rings is 3. The number of ether oxygens (including phenoxy) is 1. The molecule has 0 spiro atoms. The van der Waals surface area contributed by atoms with Crippen molar-refractivity contribution in [3.8, 4) is 22.8 Å². The molecule has 1 aliphatic rings. The van der Waals surface area contributed by atoms with Crippen LogP contribution < -0.4 is 15.0 Å². The highest BCUT2D eigenvalue weighted by Crippen LogP contribution is 2.34. The summed E-state index contributed by atoms with van der Waals surface area (Å²) in [5.41, 5.74) is 1.91. The van der Waals surface area contributed by atoms with Gasteiger partial charge >= 0.3 is 12.4 Å². The lowest BCUT2D eigenvalue weighted by atomic mass is 10.2. The van der Waals surface area contributed by atoms with E-state index in [1.807, 2.05) is 0 Å². The Kier molecular flexibility index (Phi) is 7.70. The number of nitrogens with zero attached hydrogens (tertiary/aromatic N) is 5. The van der Waals surface area contributed by atoms with Crippen LogP contribution in [0.2, 0.25) is 10.0 Å². The van der Waals surface area contributed by atoms with Crippen LogP contribution in [0.3, 0.4) is 0 Å². The maximum Gasteiger partial charge on any atom is 0.573 e. The third kappa shape index (κ3) is 6.38. The van der Waals surface area contributed by atoms with Gasteiger partial charge in [-0.25, -0.2) is 14.5 Å². The number of urea groups is 1. The monoisotopic (exact) mass is 606 g/mol. The molecule has 1 fully saturated rings. The largest absolute Gasteiger partial charge is 0.573 e. The molecule has 0 saturated carbocycles. The first kappa shape index (κ1) is 27.5. The molecule has 0 aliphatic carbocycles. The van der Waals surface area contributed by atoms with E-state index >= 15 is 0 Å². The summed E-state index contributed by atoms with van der Waals surface area (Å²) in [6.45, 7) is 0. The van der Waals surface area contributed by atoms with Gasteiger partial charge in [0.05, 0.1) is 22.2 Å². The smallest absolute Gasteiger partial charge is 0.406 e. The number of amidine groups is 1. The first-order valence-electron chi connectivity index (χ1n) is 11.2. The van der Waals surface area contributed by atoms with Crippen LogP contribution >= 0.6 is 35.0 Å². The first-order valence-corrected chi connectivity index (χ1v) is 13.0. The highest BCUT2D eigenvalue weighted by molar-refractivity contribution is 8.15. The number of aromatic nitrogens is 3. The predicted octanol–water partition coefficient (Wildman–Crippen LogP) is 6.81. The van der Waals surface area contributed by atoms with Crippen LogP contribution in [-0.2, 0) is 4.79 Å². The fourth-order valence-electron chi connectivity index (χ4n) is 3.61. The summed E-state index contributed by atoms with van der Waals surface area (Å²) < 4.78 is 42.4. The highest BCUT2D eigenvalue weighted by atomic mass is 35.5. The number of hydrogen-bond donors (Lipinski definition) is 1. The molecule has 5 rings (SSSR count). The molecule has 15 heteroatoms. The molecular weight excluding hydrogens is 592 g/mol. The third-order valence-electron chi connectivity index (χ3n) is 5.33. The second-order valence-corrected chi connectivity index (χ2v) is 9.86. The van der Waals surface area contributed by atoms with Crippen molar-refractivity contribution < 1.29 is 27.5 Å². The van der Waals surface area contributed by atoms with Gasteiger partial charge in [0.25, 0.3) is 0 Å². The van der Waals surface area contributed by atoms with E-state index in [0.717, 1.165) is 11.8 Å². The molecule has 2 heterocycles. The van der Waals surface area contributed by atoms with Crippen LogP contribution in [0.15, 0.2) is 78.0 Å². The number of amides is 3. The molecule has 3 amide bonds. The number of carbonyl (C=O) groups excluding carboxylic acids is 2. The van der Waals surface area contributed by atoms with Gasteiger partial charge < -0.3 is 10.1 Å². The van der Waals surface area contributed by atoms with E-state index in [0.29, 0.717) is 33.5 Å². The molecule has 1 aromatic heterocycles. The predicted molar refractivity (Wildman–Crippen MR) is 146 cm³/mol. The Balaban J connectivity index is 1.25. The minimum absolute atomic E-state index is 0.102. The molecule has 204 valence electrons. The Morgan fingerprint density at radius 2 is 1.77 bits per heavy atom. The third-order valence-corrected chi connectivity index (χ3v) is 6.80. The van der Waals surface area contributed by atoms with Gasteiger partial charge in [0.2, 0.25) is 5.91 Å². The van der Waals surface area contributed by atoms with Crippen molar-refractivity contribution in [3.05, 3.63) is 83.1 Å². The number of nitrogens with one attached hydrogen (secondary N) is 1. The van der Waals surface area contributed by atoms with Crippen LogP contribution in [0.25, 0.3) is 17.1 Å². The van der Waals surface area contributed by atoms with Crippen molar-refractivity contribution in [2.75, 3.05) is 16.0 Å². The summed E-state index contributed by atoms with van der Waals surface area (Å²) in [4.78, 5) is 34.6. The summed E-state index contributed by atoms with van der Waals surface area (Å²) in [6.07, 6.45) is -3.36. The number of carbonyl (C=O) groups is 2. The second kappa shape index (κ2) is 11.2. The number of aliphatic imine (C=N–C) groups is 1. The Labute approximate surface area is 238 Å². The summed E-state index contributed by atoms with van der Waals surface area (Å²) in [7, 11) is 0. The number of hydrogen-bond acceptors (Lipinski definition) is 6. The van der Waals surface area contributed by atoms with E-state index in [1.54, 1.807) is 36.4 Å². The summed E-state index contributed by atoms with van der Waals surface area (Å²) in [5.74, 6) is -0.169. The Morgan fingerprint density at radius 1 is 1.05 bits per heavy atom. The van der Waals surface area contributed by atoms with Crippen LogP contribution in [0.1, 0.15) is 0 Å². The quantitative estimate of drug-likeness (QED) is 0.268. The summed E-state index contributed by atoms with van der Waals surface area (Å²) in [5, 5.41) is 7.81. The van der Waals surface area contributed by atoms with Crippen LogP contribution in [0, 0.1) is 0 Å². The standard InChI is InChI=1S/C25H15Cl2F3N6O3S/c26-15-3-10-20(19(27)11-15)36-21(37)12-40-24(36)33-23(38)32-16-4-1-14(2-5-16)22-31-13-35(34-22)17-6-8-18(9-7-17)39-25(28,29)30/h1-11,13H,12H2,(H,32,38). The van der Waals surface area contributed by atoms with E-state index in [4.69, 9.17) is 23.2 Å². The number of rotatable bonds is 5. The van der Waals surface area contributed by atoms with Crippen LogP contribution in [0.4, 0.5) is 29.3 Å². The maximum atomic E-state index is 12.6. The molecule has 0 unspecified atom stereocenters. The number of halogens is 5. The molecule has 9 nitrogen and oxygen atoms in total. The average molecular weight is 607 g/mol. The Morgan fingerprint density at radius 3 is 2.45 bits per heavy atom. The van der Waals surface area contributed by atoms with Crippen LogP contribution in [0.5, 0.6) is 5.75 Å². The van der Waals surface area contributed by atoms with Crippen molar-refractivity contribution in [1.82, 2.24) is 14.8 Å². The molecule has 1 saturated heterocycles. The molecule has 1 N–H and O–H groups in total. The Bertz CT molecular complexity index is 1610. The molecule has 0 atom stereocenters. The lowest BCUT2D eigenvalue weighted by molar-refractivity contribution is -0.274. The van der Waals surface area contributed by atoms with E-state index in [1.165, 1.54) is 46.2 Å². The Hall–Kier alpha value is -4.07. The van der Waals surface area contributed by atoms with Crippen molar-refractivity contribution in [1.29, 1.82) is 0 Å². The van der Waals surface area contributed by atoms with Gasteiger partial charge in [-0.1, -0.05) is 35.0 Å². The molecular formula is C25H15Cl2F3N6O3S. The molecule has 0 bridgehead atoms. The molecule has 4 aromatic rings. The zero-order valence-corrected chi connectivity index (χ0v) is 22.2. The topological polar surface area (TPSA) is 102 Å². The van der Waals surface area contributed by atoms with Crippen molar-refractivity contribution in [2.24, 2.45) is 4.99 Å². The van der Waals surface area contributed by atoms with Gasteiger partial charge in [0.15, 0.2) is 11.0 Å². The summed E-state index contributed by atoms with van der Waals surface area (Å²) in [6, 6.07) is 15.7. The second-order valence-electron chi connectivity index (χ2n) is 8.07. The van der Waals surface area contributed by atoms with Crippen molar-refractivity contribution >= 4 is 63.4 Å². The number of anilines is 2. The zero-order chi connectivity index (χ0) is 28.4. The molecule has 1 aliphatic heterocycles. The SMILES string of the molecule is O=C(N=C1SCC(=O)N1c1ccc(Cl)cc1Cl)Nc1ccc(-c2ncn(-c3ccc(OC(F)(F)F)cc3)n2)cc1. The maximum absolute atomic E-state index is 12.6. The highest BCUT2D eigenvalue weighted by Gasteiger charge is 2.32. The number of alkyl halides is 3. The molecule has 0 radical (unpaired) electrons. The van der Waals surface area contributed by atoms with Crippen LogP contribution in [-0.4, -0.2) is 44.0 Å². The minimum Gasteiger partial charge on any atom is -0.406 e.